The lowest BCUT2D eigenvalue weighted by atomic mass is 9.95. The van der Waals surface area contributed by atoms with E-state index in [0.717, 1.165) is 24.4 Å². The van der Waals surface area contributed by atoms with Gasteiger partial charge in [-0.1, -0.05) is 60.0 Å². The van der Waals surface area contributed by atoms with E-state index in [1.165, 1.54) is 24.3 Å². The van der Waals surface area contributed by atoms with Gasteiger partial charge in [-0.05, 0) is 49.7 Å². The summed E-state index contributed by atoms with van der Waals surface area (Å²) in [6.07, 6.45) is 3.65. The molecule has 2 aromatic carbocycles. The van der Waals surface area contributed by atoms with E-state index in [-0.39, 0.29) is 11.8 Å². The summed E-state index contributed by atoms with van der Waals surface area (Å²) >= 11 is 12.2. The Kier molecular flexibility index (Phi) is 5.48. The number of benzene rings is 2. The second-order valence-electron chi connectivity index (χ2n) is 7.01. The summed E-state index contributed by atoms with van der Waals surface area (Å²) in [5.41, 5.74) is 2.44. The highest BCUT2D eigenvalue weighted by atomic mass is 35.5. The summed E-state index contributed by atoms with van der Waals surface area (Å²) in [5.74, 6) is -0.294. The fourth-order valence-corrected chi connectivity index (χ4v) is 4.02. The minimum Gasteiger partial charge on any atom is -0.302 e. The normalized spacial score (nSPS) is 20.8. The lowest BCUT2D eigenvalue weighted by Crippen LogP contribution is -2.40. The lowest BCUT2D eigenvalue weighted by molar-refractivity contribution is -0.120. The van der Waals surface area contributed by atoms with Crippen molar-refractivity contribution in [2.24, 2.45) is 11.0 Å². The molecular formula is C21H21Cl2N3O. The van der Waals surface area contributed by atoms with Crippen molar-refractivity contribution < 1.29 is 4.79 Å². The van der Waals surface area contributed by atoms with Gasteiger partial charge in [-0.25, -0.2) is 0 Å². The van der Waals surface area contributed by atoms with Gasteiger partial charge in [0.2, 0.25) is 0 Å². The second-order valence-corrected chi connectivity index (χ2v) is 7.83. The first-order chi connectivity index (χ1) is 13.1. The maximum Gasteiger partial charge on any atom is 0.257 e. The van der Waals surface area contributed by atoms with Gasteiger partial charge in [0.15, 0.2) is 0 Å². The lowest BCUT2D eigenvalue weighted by Gasteiger charge is -2.28. The minimum atomic E-state index is -0.278. The number of hydrogen-bond acceptors (Lipinski definition) is 3. The van der Waals surface area contributed by atoms with E-state index < -0.39 is 0 Å². The van der Waals surface area contributed by atoms with Gasteiger partial charge in [0.1, 0.15) is 0 Å². The van der Waals surface area contributed by atoms with Crippen LogP contribution >= 0.6 is 23.2 Å². The van der Waals surface area contributed by atoms with E-state index in [0.29, 0.717) is 22.3 Å². The number of amides is 1. The molecule has 2 aliphatic heterocycles. The number of rotatable bonds is 4. The largest absolute Gasteiger partial charge is 0.302 e. The molecule has 1 atom stereocenters. The monoisotopic (exact) mass is 401 g/mol. The number of anilines is 1. The average Bonchev–Trinajstić information content (AvgIpc) is 3.02. The van der Waals surface area contributed by atoms with E-state index in [4.69, 9.17) is 28.3 Å². The Morgan fingerprint density at radius 2 is 1.70 bits per heavy atom. The van der Waals surface area contributed by atoms with E-state index in [1.54, 1.807) is 18.2 Å². The van der Waals surface area contributed by atoms with Crippen molar-refractivity contribution in [1.29, 1.82) is 0 Å². The Morgan fingerprint density at radius 3 is 2.41 bits per heavy atom. The number of carbonyl (C=O) groups excluding carboxylic acids is 1. The smallest absolute Gasteiger partial charge is 0.257 e. The van der Waals surface area contributed by atoms with Crippen LogP contribution in [0.1, 0.15) is 24.8 Å². The predicted molar refractivity (Wildman–Crippen MR) is 111 cm³/mol. The van der Waals surface area contributed by atoms with Gasteiger partial charge in [0, 0.05) is 6.54 Å². The van der Waals surface area contributed by atoms with Gasteiger partial charge in [-0.15, -0.1) is 0 Å². The highest BCUT2D eigenvalue weighted by Gasteiger charge is 2.38. The van der Waals surface area contributed by atoms with Gasteiger partial charge in [0.05, 0.1) is 27.4 Å². The standard InChI is InChI=1S/C21H21Cl2N3O/c22-18-10-9-16(13-19(18)23)26-21(27)17(14-25-11-5-2-6-12-25)20(24-26)15-7-3-1-4-8-15/h1,3-4,7-10,13,17H,2,5-6,11-12,14H2/t17-/m0/s1. The molecule has 0 aliphatic carbocycles. The molecule has 4 nitrogen and oxygen atoms in total. The third kappa shape index (κ3) is 3.88. The maximum atomic E-state index is 13.3. The molecule has 140 valence electrons. The van der Waals surface area contributed by atoms with E-state index >= 15 is 0 Å². The Bertz CT molecular complexity index is 863. The maximum absolute atomic E-state index is 13.3. The number of hydrazone groups is 1. The number of piperidine rings is 1. The topological polar surface area (TPSA) is 35.9 Å². The van der Waals surface area contributed by atoms with Gasteiger partial charge in [-0.2, -0.15) is 10.1 Å². The van der Waals surface area contributed by atoms with Crippen molar-refractivity contribution in [2.75, 3.05) is 24.6 Å². The first kappa shape index (κ1) is 18.5. The molecule has 0 saturated carbocycles. The van der Waals surface area contributed by atoms with Crippen LogP contribution in [0, 0.1) is 5.92 Å². The molecule has 0 unspecified atom stereocenters. The molecule has 1 fully saturated rings. The molecule has 1 amide bonds. The predicted octanol–water partition coefficient (Wildman–Crippen LogP) is 4.85. The molecule has 2 aliphatic rings. The van der Waals surface area contributed by atoms with E-state index in [2.05, 4.69) is 4.90 Å². The fraction of sp³-hybridized carbons (Fsp3) is 0.333. The number of likely N-dealkylation sites (tertiary alicyclic amines) is 1. The second kappa shape index (κ2) is 8.01. The van der Waals surface area contributed by atoms with Crippen LogP contribution in [-0.4, -0.2) is 36.2 Å². The number of carbonyl (C=O) groups is 1. The molecule has 4 rings (SSSR count). The van der Waals surface area contributed by atoms with Gasteiger partial charge < -0.3 is 4.90 Å². The zero-order valence-corrected chi connectivity index (χ0v) is 16.5. The van der Waals surface area contributed by atoms with Crippen LogP contribution in [-0.2, 0) is 4.79 Å². The van der Waals surface area contributed by atoms with Crippen LogP contribution in [0.3, 0.4) is 0 Å². The highest BCUT2D eigenvalue weighted by molar-refractivity contribution is 6.42. The number of hydrogen-bond donors (Lipinski definition) is 0. The first-order valence-corrected chi connectivity index (χ1v) is 10.0. The summed E-state index contributed by atoms with van der Waals surface area (Å²) in [5, 5.41) is 7.05. The zero-order valence-electron chi connectivity index (χ0n) is 14.9. The van der Waals surface area contributed by atoms with Crippen molar-refractivity contribution in [1.82, 2.24) is 4.90 Å². The molecule has 0 aromatic heterocycles. The molecule has 0 spiro atoms. The van der Waals surface area contributed by atoms with Crippen LogP contribution < -0.4 is 5.01 Å². The third-order valence-electron chi connectivity index (χ3n) is 5.15. The summed E-state index contributed by atoms with van der Waals surface area (Å²) in [6, 6.07) is 15.1. The summed E-state index contributed by atoms with van der Waals surface area (Å²) in [7, 11) is 0. The fourth-order valence-electron chi connectivity index (χ4n) is 3.73. The van der Waals surface area contributed by atoms with Crippen molar-refractivity contribution in [3.63, 3.8) is 0 Å². The number of nitrogens with zero attached hydrogens (tertiary/aromatic N) is 3. The van der Waals surface area contributed by atoms with Crippen LogP contribution in [0.2, 0.25) is 10.0 Å². The molecule has 27 heavy (non-hydrogen) atoms. The highest BCUT2D eigenvalue weighted by Crippen LogP contribution is 2.32. The number of halogens is 2. The van der Waals surface area contributed by atoms with Crippen LogP contribution in [0.15, 0.2) is 53.6 Å². The molecule has 2 aromatic rings. The molecular weight excluding hydrogens is 381 g/mol. The van der Waals surface area contributed by atoms with Crippen LogP contribution in [0.25, 0.3) is 0 Å². The summed E-state index contributed by atoms with van der Waals surface area (Å²) < 4.78 is 0. The van der Waals surface area contributed by atoms with Crippen molar-refractivity contribution in [3.8, 4) is 0 Å². The van der Waals surface area contributed by atoms with Crippen molar-refractivity contribution >= 4 is 40.5 Å². The molecule has 0 bridgehead atoms. The molecule has 0 radical (unpaired) electrons. The van der Waals surface area contributed by atoms with Gasteiger partial charge >= 0.3 is 0 Å². The molecule has 0 N–H and O–H groups in total. The Balaban J connectivity index is 1.68. The summed E-state index contributed by atoms with van der Waals surface area (Å²) in [6.45, 7) is 2.78. The zero-order chi connectivity index (χ0) is 18.8. The van der Waals surface area contributed by atoms with Crippen molar-refractivity contribution in [3.05, 3.63) is 64.1 Å². The Hall–Kier alpha value is -1.88. The first-order valence-electron chi connectivity index (χ1n) is 9.29. The average molecular weight is 402 g/mol. The van der Waals surface area contributed by atoms with E-state index in [9.17, 15) is 4.79 Å². The van der Waals surface area contributed by atoms with Crippen LogP contribution in [0.5, 0.6) is 0 Å². The molecule has 2 heterocycles. The quantitative estimate of drug-likeness (QED) is 0.733. The molecule has 6 heteroatoms. The van der Waals surface area contributed by atoms with Gasteiger partial charge in [-0.3, -0.25) is 4.79 Å². The van der Waals surface area contributed by atoms with E-state index in [1.807, 2.05) is 30.3 Å². The Labute approximate surface area is 169 Å². The summed E-state index contributed by atoms with van der Waals surface area (Å²) in [4.78, 5) is 15.6. The SMILES string of the molecule is O=C1[C@@H](CN2CCCCC2)C(c2ccccc2)=NN1c1ccc(Cl)c(Cl)c1. The van der Waals surface area contributed by atoms with Crippen molar-refractivity contribution in [2.45, 2.75) is 19.3 Å². The van der Waals surface area contributed by atoms with Gasteiger partial charge in [0.25, 0.3) is 5.91 Å². The third-order valence-corrected chi connectivity index (χ3v) is 5.89. The molecule has 1 saturated heterocycles. The Morgan fingerprint density at radius 1 is 0.963 bits per heavy atom. The van der Waals surface area contributed by atoms with Crippen LogP contribution in [0.4, 0.5) is 5.69 Å². The minimum absolute atomic E-state index is 0.0159.